The summed E-state index contributed by atoms with van der Waals surface area (Å²) in [7, 11) is 4.12. The molecule has 0 fully saturated rings. The van der Waals surface area contributed by atoms with Crippen molar-refractivity contribution < 1.29 is 0 Å². The number of hydrogen-bond donors (Lipinski definition) is 0. The van der Waals surface area contributed by atoms with Crippen LogP contribution in [0.2, 0.25) is 0 Å². The van der Waals surface area contributed by atoms with E-state index >= 15 is 0 Å². The van der Waals surface area contributed by atoms with Gasteiger partial charge in [-0.05, 0) is 12.8 Å². The Bertz CT molecular complexity index is 66.6. The van der Waals surface area contributed by atoms with E-state index in [0.29, 0.717) is 0 Å². The third kappa shape index (κ3) is 15.8. The summed E-state index contributed by atoms with van der Waals surface area (Å²) in [5.74, 6) is 2.70. The van der Waals surface area contributed by atoms with Crippen molar-refractivity contribution in [2.45, 2.75) is 52.4 Å². The Balaban J connectivity index is 0. The van der Waals surface area contributed by atoms with E-state index in [1.165, 1.54) is 50.0 Å². The van der Waals surface area contributed by atoms with Crippen molar-refractivity contribution in [2.24, 2.45) is 0 Å². The van der Waals surface area contributed by atoms with Gasteiger partial charge in [-0.2, -0.15) is 13.5 Å². The molecule has 0 spiro atoms. The van der Waals surface area contributed by atoms with Crippen LogP contribution in [0.15, 0.2) is 0 Å². The first kappa shape index (κ1) is 16.5. The Morgan fingerprint density at radius 3 is 1.38 bits per heavy atom. The predicted molar refractivity (Wildman–Crippen MR) is 74.3 cm³/mol. The summed E-state index contributed by atoms with van der Waals surface area (Å²) in [5, 5.41) is 0. The van der Waals surface area contributed by atoms with Crippen molar-refractivity contribution in [3.63, 3.8) is 0 Å². The van der Waals surface area contributed by atoms with Gasteiger partial charge in [0.15, 0.2) is 0 Å². The quantitative estimate of drug-likeness (QED) is 0.417. The highest BCUT2D eigenvalue weighted by molar-refractivity contribution is 8.76. The van der Waals surface area contributed by atoms with Crippen LogP contribution in [-0.4, -0.2) is 11.5 Å². The Morgan fingerprint density at radius 1 is 0.692 bits per heavy atom. The molecule has 0 aliphatic heterocycles. The van der Waals surface area contributed by atoms with Crippen molar-refractivity contribution >= 4 is 35.1 Å². The molecule has 0 amide bonds. The zero-order valence-corrected chi connectivity index (χ0v) is 11.6. The Kier molecular flexibility index (Phi) is 19.7. The Labute approximate surface area is 98.9 Å². The normalized spacial score (nSPS) is 9.69. The van der Waals surface area contributed by atoms with Gasteiger partial charge in [0.25, 0.3) is 0 Å². The molecular weight excluding hydrogens is 216 g/mol. The summed E-state index contributed by atoms with van der Waals surface area (Å²) in [6.45, 7) is 4.53. The zero-order valence-electron chi connectivity index (χ0n) is 8.97. The van der Waals surface area contributed by atoms with Crippen LogP contribution >= 0.6 is 35.1 Å². The number of hydrogen-bond acceptors (Lipinski definition) is 2. The minimum Gasteiger partial charge on any atom is -0.197 e. The van der Waals surface area contributed by atoms with Gasteiger partial charge in [-0.3, -0.25) is 0 Å². The monoisotopic (exact) mass is 240 g/mol. The Hall–Kier alpha value is 1.05. The second kappa shape index (κ2) is 15.5. The minimum absolute atomic E-state index is 0. The molecule has 82 valence electrons. The molecule has 0 saturated heterocycles. The summed E-state index contributed by atoms with van der Waals surface area (Å²) in [6, 6.07) is 0. The summed E-state index contributed by atoms with van der Waals surface area (Å²) in [4.78, 5) is 0. The molecule has 0 aliphatic rings. The molecular formula is C10H24S3. The number of unbranched alkanes of at least 4 members (excludes halogenated alkanes) is 4. The van der Waals surface area contributed by atoms with E-state index in [9.17, 15) is 0 Å². The van der Waals surface area contributed by atoms with Crippen LogP contribution in [0.3, 0.4) is 0 Å². The van der Waals surface area contributed by atoms with E-state index in [-0.39, 0.29) is 13.5 Å². The highest BCUT2D eigenvalue weighted by Gasteiger charge is 1.90. The molecule has 0 aromatic carbocycles. The summed E-state index contributed by atoms with van der Waals surface area (Å²) in [5.41, 5.74) is 0. The third-order valence-electron chi connectivity index (χ3n) is 1.75. The molecule has 0 radical (unpaired) electrons. The van der Waals surface area contributed by atoms with E-state index in [4.69, 9.17) is 0 Å². The van der Waals surface area contributed by atoms with Gasteiger partial charge >= 0.3 is 0 Å². The fourth-order valence-corrected chi connectivity index (χ4v) is 3.23. The van der Waals surface area contributed by atoms with Crippen molar-refractivity contribution in [3.05, 3.63) is 0 Å². The SMILES string of the molecule is CCCCCSSCCCCC.S. The lowest BCUT2D eigenvalue weighted by molar-refractivity contribution is 0.778. The van der Waals surface area contributed by atoms with Crippen LogP contribution < -0.4 is 0 Å². The molecule has 0 bridgehead atoms. The lowest BCUT2D eigenvalue weighted by Gasteiger charge is -1.99. The highest BCUT2D eigenvalue weighted by atomic mass is 33.1. The molecule has 0 unspecified atom stereocenters. The van der Waals surface area contributed by atoms with Crippen molar-refractivity contribution in [3.8, 4) is 0 Å². The predicted octanol–water partition coefficient (Wildman–Crippen LogP) is 4.86. The summed E-state index contributed by atoms with van der Waals surface area (Å²) >= 11 is 0. The molecule has 0 saturated carbocycles. The maximum absolute atomic E-state index is 2.26. The first-order valence-electron chi connectivity index (χ1n) is 5.16. The maximum atomic E-state index is 2.26. The standard InChI is InChI=1S/C10H22S2.H2S/c1-3-5-7-9-11-12-10-8-6-4-2;/h3-10H2,1-2H3;1H2. The molecule has 13 heavy (non-hydrogen) atoms. The molecule has 3 heteroatoms. The fourth-order valence-electron chi connectivity index (χ4n) is 0.940. The second-order valence-corrected chi connectivity index (χ2v) is 5.76. The molecule has 0 N–H and O–H groups in total. The van der Waals surface area contributed by atoms with Gasteiger partial charge in [0.05, 0.1) is 0 Å². The zero-order chi connectivity index (χ0) is 9.07. The maximum Gasteiger partial charge on any atom is 0.00369 e. The van der Waals surface area contributed by atoms with Crippen LogP contribution in [-0.2, 0) is 0 Å². The van der Waals surface area contributed by atoms with E-state index in [1.807, 2.05) is 0 Å². The topological polar surface area (TPSA) is 0 Å². The van der Waals surface area contributed by atoms with E-state index in [2.05, 4.69) is 35.4 Å². The molecule has 0 aliphatic carbocycles. The van der Waals surface area contributed by atoms with Crippen LogP contribution in [0.1, 0.15) is 52.4 Å². The van der Waals surface area contributed by atoms with Gasteiger partial charge in [-0.1, -0.05) is 61.1 Å². The van der Waals surface area contributed by atoms with Crippen molar-refractivity contribution in [1.29, 1.82) is 0 Å². The molecule has 0 aromatic heterocycles. The lowest BCUT2D eigenvalue weighted by atomic mass is 10.3. The van der Waals surface area contributed by atoms with Crippen LogP contribution in [0, 0.1) is 0 Å². The lowest BCUT2D eigenvalue weighted by Crippen LogP contribution is -1.79. The van der Waals surface area contributed by atoms with Crippen LogP contribution in [0.25, 0.3) is 0 Å². The van der Waals surface area contributed by atoms with E-state index in [1.54, 1.807) is 0 Å². The van der Waals surface area contributed by atoms with Gasteiger partial charge in [0, 0.05) is 11.5 Å². The van der Waals surface area contributed by atoms with Gasteiger partial charge in [0.2, 0.25) is 0 Å². The first-order valence-corrected chi connectivity index (χ1v) is 7.65. The van der Waals surface area contributed by atoms with Gasteiger partial charge in [-0.15, -0.1) is 0 Å². The highest BCUT2D eigenvalue weighted by Crippen LogP contribution is 2.23. The van der Waals surface area contributed by atoms with Crippen molar-refractivity contribution in [1.82, 2.24) is 0 Å². The van der Waals surface area contributed by atoms with E-state index < -0.39 is 0 Å². The van der Waals surface area contributed by atoms with E-state index in [0.717, 1.165) is 0 Å². The Morgan fingerprint density at radius 2 is 1.08 bits per heavy atom. The van der Waals surface area contributed by atoms with Gasteiger partial charge in [-0.25, -0.2) is 0 Å². The molecule has 0 atom stereocenters. The number of rotatable bonds is 9. The van der Waals surface area contributed by atoms with Crippen LogP contribution in [0.4, 0.5) is 0 Å². The smallest absolute Gasteiger partial charge is 0.00369 e. The average Bonchev–Trinajstić information content (AvgIpc) is 2.10. The largest absolute Gasteiger partial charge is 0.197 e. The summed E-state index contributed by atoms with van der Waals surface area (Å²) < 4.78 is 0. The second-order valence-electron chi connectivity index (χ2n) is 3.06. The fraction of sp³-hybridized carbons (Fsp3) is 1.00. The third-order valence-corrected chi connectivity index (χ3v) is 4.32. The minimum atomic E-state index is 0. The van der Waals surface area contributed by atoms with Crippen molar-refractivity contribution in [2.75, 3.05) is 11.5 Å². The summed E-state index contributed by atoms with van der Waals surface area (Å²) in [6.07, 6.45) is 8.32. The van der Waals surface area contributed by atoms with Gasteiger partial charge in [0.1, 0.15) is 0 Å². The van der Waals surface area contributed by atoms with Gasteiger partial charge < -0.3 is 0 Å². The molecule has 0 heterocycles. The average molecular weight is 241 g/mol. The molecule has 0 rings (SSSR count). The molecule has 0 nitrogen and oxygen atoms in total. The molecule has 0 aromatic rings. The first-order chi connectivity index (χ1) is 5.91. The van der Waals surface area contributed by atoms with Crippen LogP contribution in [0.5, 0.6) is 0 Å².